The molecule has 2 aliphatic carbocycles. The SMILES string of the molecule is C=C1C[C@H](O)C[C@@]2(C)C(C)=CC[C@@H]1C2(C)C. The van der Waals surface area contributed by atoms with E-state index in [-0.39, 0.29) is 16.9 Å². The van der Waals surface area contributed by atoms with Crippen LogP contribution in [0.1, 0.15) is 47.0 Å². The lowest BCUT2D eigenvalue weighted by Crippen LogP contribution is -2.44. The van der Waals surface area contributed by atoms with Crippen LogP contribution >= 0.6 is 0 Å². The van der Waals surface area contributed by atoms with Crippen molar-refractivity contribution in [2.24, 2.45) is 16.7 Å². The second-order valence-corrected chi connectivity index (χ2v) is 6.45. The first-order valence-corrected chi connectivity index (χ1v) is 6.32. The molecule has 0 saturated heterocycles. The van der Waals surface area contributed by atoms with Gasteiger partial charge in [0.15, 0.2) is 0 Å². The molecule has 1 nitrogen and oxygen atoms in total. The molecule has 2 rings (SSSR count). The summed E-state index contributed by atoms with van der Waals surface area (Å²) >= 11 is 0. The molecule has 0 radical (unpaired) electrons. The van der Waals surface area contributed by atoms with Crippen molar-refractivity contribution in [2.75, 3.05) is 0 Å². The lowest BCUT2D eigenvalue weighted by molar-refractivity contribution is 0.0324. The third-order valence-corrected chi connectivity index (χ3v) is 5.46. The first-order valence-electron chi connectivity index (χ1n) is 6.32. The van der Waals surface area contributed by atoms with Gasteiger partial charge in [-0.15, -0.1) is 0 Å². The number of aliphatic hydroxyl groups excluding tert-OH is 1. The Morgan fingerprint density at radius 3 is 2.62 bits per heavy atom. The van der Waals surface area contributed by atoms with Crippen molar-refractivity contribution in [2.45, 2.75) is 53.1 Å². The van der Waals surface area contributed by atoms with Crippen molar-refractivity contribution in [3.63, 3.8) is 0 Å². The summed E-state index contributed by atoms with van der Waals surface area (Å²) in [6.45, 7) is 13.4. The molecule has 2 aliphatic rings. The van der Waals surface area contributed by atoms with Gasteiger partial charge in [-0.3, -0.25) is 0 Å². The number of hydrogen-bond donors (Lipinski definition) is 1. The van der Waals surface area contributed by atoms with Crippen LogP contribution in [-0.4, -0.2) is 11.2 Å². The molecule has 1 N–H and O–H groups in total. The van der Waals surface area contributed by atoms with E-state index in [9.17, 15) is 5.11 Å². The van der Waals surface area contributed by atoms with Crippen molar-refractivity contribution in [3.05, 3.63) is 23.8 Å². The molecule has 1 fully saturated rings. The number of hydrogen-bond acceptors (Lipinski definition) is 1. The predicted molar refractivity (Wildman–Crippen MR) is 68.1 cm³/mol. The highest BCUT2D eigenvalue weighted by Crippen LogP contribution is 2.60. The summed E-state index contributed by atoms with van der Waals surface area (Å²) in [5.41, 5.74) is 3.02. The molecule has 0 spiro atoms. The Hall–Kier alpha value is -0.560. The molecular weight excluding hydrogens is 196 g/mol. The molecule has 0 heterocycles. The highest BCUT2D eigenvalue weighted by Gasteiger charge is 2.52. The molecule has 0 unspecified atom stereocenters. The number of aliphatic hydroxyl groups is 1. The summed E-state index contributed by atoms with van der Waals surface area (Å²) in [5, 5.41) is 10.1. The fraction of sp³-hybridized carbons (Fsp3) is 0.733. The third-order valence-electron chi connectivity index (χ3n) is 5.46. The maximum absolute atomic E-state index is 10.1. The maximum Gasteiger partial charge on any atom is 0.0585 e. The molecule has 3 atom stereocenters. The van der Waals surface area contributed by atoms with E-state index in [1.54, 1.807) is 0 Å². The topological polar surface area (TPSA) is 20.2 Å². The van der Waals surface area contributed by atoms with Gasteiger partial charge < -0.3 is 5.11 Å². The second kappa shape index (κ2) is 3.46. The van der Waals surface area contributed by atoms with Gasteiger partial charge in [0.2, 0.25) is 0 Å². The molecule has 0 aromatic rings. The minimum absolute atomic E-state index is 0.120. The van der Waals surface area contributed by atoms with Crippen LogP contribution in [0.15, 0.2) is 23.8 Å². The second-order valence-electron chi connectivity index (χ2n) is 6.45. The molecule has 90 valence electrons. The van der Waals surface area contributed by atoms with Crippen molar-refractivity contribution in [1.82, 2.24) is 0 Å². The van der Waals surface area contributed by atoms with Crippen LogP contribution in [0.25, 0.3) is 0 Å². The van der Waals surface area contributed by atoms with Gasteiger partial charge in [-0.05, 0) is 42.9 Å². The fourth-order valence-electron chi connectivity index (χ4n) is 3.80. The first-order chi connectivity index (χ1) is 7.29. The van der Waals surface area contributed by atoms with Crippen molar-refractivity contribution >= 4 is 0 Å². The van der Waals surface area contributed by atoms with Gasteiger partial charge in [0.05, 0.1) is 6.10 Å². The normalized spacial score (nSPS) is 42.6. The van der Waals surface area contributed by atoms with Crippen LogP contribution in [0.5, 0.6) is 0 Å². The standard InChI is InChI=1S/C15H24O/c1-10-8-12(16)9-15(5)11(2)6-7-13(10)14(15,3)4/h6,12-13,16H,1,7-9H2,2-5H3/t12-,13-,15-/m0/s1. The summed E-state index contributed by atoms with van der Waals surface area (Å²) in [6, 6.07) is 0. The van der Waals surface area contributed by atoms with Crippen LogP contribution in [0.4, 0.5) is 0 Å². The van der Waals surface area contributed by atoms with Crippen LogP contribution in [0, 0.1) is 16.7 Å². The van der Waals surface area contributed by atoms with Crippen molar-refractivity contribution in [1.29, 1.82) is 0 Å². The first kappa shape index (κ1) is 11.9. The van der Waals surface area contributed by atoms with E-state index in [0.29, 0.717) is 5.92 Å². The summed E-state index contributed by atoms with van der Waals surface area (Å²) < 4.78 is 0. The molecule has 16 heavy (non-hydrogen) atoms. The Kier molecular flexibility index (Phi) is 2.58. The van der Waals surface area contributed by atoms with Gasteiger partial charge >= 0.3 is 0 Å². The summed E-state index contributed by atoms with van der Waals surface area (Å²) in [5.74, 6) is 0.526. The lowest BCUT2D eigenvalue weighted by Gasteiger charge is -2.52. The van der Waals surface area contributed by atoms with E-state index in [1.807, 2.05) is 0 Å². The van der Waals surface area contributed by atoms with Gasteiger partial charge in [0.1, 0.15) is 0 Å². The summed E-state index contributed by atoms with van der Waals surface area (Å²) in [6.07, 6.45) is 4.89. The monoisotopic (exact) mass is 220 g/mol. The van der Waals surface area contributed by atoms with Crippen molar-refractivity contribution in [3.8, 4) is 0 Å². The minimum atomic E-state index is -0.219. The van der Waals surface area contributed by atoms with E-state index >= 15 is 0 Å². The van der Waals surface area contributed by atoms with E-state index in [2.05, 4.69) is 40.3 Å². The van der Waals surface area contributed by atoms with Crippen LogP contribution in [0.3, 0.4) is 0 Å². The van der Waals surface area contributed by atoms with Gasteiger partial charge in [0, 0.05) is 0 Å². The number of rotatable bonds is 0. The van der Waals surface area contributed by atoms with Crippen molar-refractivity contribution < 1.29 is 5.11 Å². The van der Waals surface area contributed by atoms with Crippen LogP contribution in [-0.2, 0) is 0 Å². The highest BCUT2D eigenvalue weighted by atomic mass is 16.3. The highest BCUT2D eigenvalue weighted by molar-refractivity contribution is 5.28. The van der Waals surface area contributed by atoms with E-state index in [0.717, 1.165) is 19.3 Å². The van der Waals surface area contributed by atoms with Crippen LogP contribution < -0.4 is 0 Å². The Morgan fingerprint density at radius 2 is 2.00 bits per heavy atom. The molecule has 0 aromatic carbocycles. The molecule has 0 amide bonds. The number of allylic oxidation sites excluding steroid dienone is 2. The Morgan fingerprint density at radius 1 is 1.38 bits per heavy atom. The van der Waals surface area contributed by atoms with E-state index < -0.39 is 0 Å². The zero-order valence-electron chi connectivity index (χ0n) is 11.0. The molecule has 1 heteroatoms. The van der Waals surface area contributed by atoms with Gasteiger partial charge in [-0.1, -0.05) is 44.6 Å². The van der Waals surface area contributed by atoms with Crippen LogP contribution in [0.2, 0.25) is 0 Å². The Labute approximate surface area is 99.3 Å². The molecule has 0 aliphatic heterocycles. The smallest absolute Gasteiger partial charge is 0.0585 e. The van der Waals surface area contributed by atoms with Gasteiger partial charge in [-0.25, -0.2) is 0 Å². The zero-order chi connectivity index (χ0) is 12.1. The van der Waals surface area contributed by atoms with Gasteiger partial charge in [0.25, 0.3) is 0 Å². The average molecular weight is 220 g/mol. The summed E-state index contributed by atoms with van der Waals surface area (Å²) in [4.78, 5) is 0. The largest absolute Gasteiger partial charge is 0.393 e. The molecule has 2 bridgehead atoms. The van der Waals surface area contributed by atoms with E-state index in [4.69, 9.17) is 0 Å². The van der Waals surface area contributed by atoms with E-state index in [1.165, 1.54) is 11.1 Å². The number of fused-ring (bicyclic) bond motifs is 2. The van der Waals surface area contributed by atoms with Gasteiger partial charge in [-0.2, -0.15) is 0 Å². The molecular formula is C15H24O. The third kappa shape index (κ3) is 1.41. The maximum atomic E-state index is 10.1. The summed E-state index contributed by atoms with van der Waals surface area (Å²) in [7, 11) is 0. The fourth-order valence-corrected chi connectivity index (χ4v) is 3.80. The predicted octanol–water partition coefficient (Wildman–Crippen LogP) is 3.70. The Bertz CT molecular complexity index is 350. The quantitative estimate of drug-likeness (QED) is 0.617. The zero-order valence-corrected chi connectivity index (χ0v) is 11.0. The Balaban J connectivity index is 2.55. The average Bonchev–Trinajstić information content (AvgIpc) is 2.18. The lowest BCUT2D eigenvalue weighted by atomic mass is 9.52. The molecule has 0 aromatic heterocycles. The molecule has 1 saturated carbocycles. The minimum Gasteiger partial charge on any atom is -0.393 e.